The highest BCUT2D eigenvalue weighted by Gasteiger charge is 2.24. The fourth-order valence-corrected chi connectivity index (χ4v) is 2.73. The minimum atomic E-state index is 1.13. The van der Waals surface area contributed by atoms with Crippen LogP contribution in [-0.2, 0) is 13.1 Å². The minimum absolute atomic E-state index is 1.13. The second-order valence-electron chi connectivity index (χ2n) is 5.28. The molecule has 0 radical (unpaired) electrons. The summed E-state index contributed by atoms with van der Waals surface area (Å²) in [6.45, 7) is 6.58. The van der Waals surface area contributed by atoms with Crippen LogP contribution in [0, 0.1) is 13.8 Å². The molecule has 0 N–H and O–H groups in total. The van der Waals surface area contributed by atoms with Crippen molar-refractivity contribution in [2.75, 3.05) is 0 Å². The number of hydrogen-bond donors (Lipinski definition) is 0. The van der Waals surface area contributed by atoms with Crippen molar-refractivity contribution in [1.29, 1.82) is 0 Å². The lowest BCUT2D eigenvalue weighted by Gasteiger charge is -2.09. The summed E-state index contributed by atoms with van der Waals surface area (Å²) in [5, 5.41) is 0. The molecule has 0 atom stereocenters. The quantitative estimate of drug-likeness (QED) is 0.624. The summed E-state index contributed by atoms with van der Waals surface area (Å²) in [6, 6.07) is 8.92. The molecule has 1 aliphatic rings. The van der Waals surface area contributed by atoms with Gasteiger partial charge in [-0.15, -0.1) is 0 Å². The van der Waals surface area contributed by atoms with E-state index in [-0.39, 0.29) is 0 Å². The molecule has 2 nitrogen and oxygen atoms in total. The van der Waals surface area contributed by atoms with E-state index in [1.54, 1.807) is 0 Å². The van der Waals surface area contributed by atoms with Gasteiger partial charge in [-0.05, 0) is 26.0 Å². The van der Waals surface area contributed by atoms with Crippen molar-refractivity contribution in [3.8, 4) is 11.4 Å². The van der Waals surface area contributed by atoms with E-state index in [4.69, 9.17) is 0 Å². The van der Waals surface area contributed by atoms with Gasteiger partial charge in [-0.25, -0.2) is 0 Å². The number of hydrogen-bond acceptors (Lipinski definition) is 0. The van der Waals surface area contributed by atoms with E-state index in [2.05, 4.69) is 59.6 Å². The van der Waals surface area contributed by atoms with Crippen molar-refractivity contribution >= 4 is 0 Å². The maximum absolute atomic E-state index is 2.40. The lowest BCUT2D eigenvalue weighted by molar-refractivity contribution is -0.726. The Hall–Kier alpha value is -1.70. The van der Waals surface area contributed by atoms with Gasteiger partial charge in [0.2, 0.25) is 0 Å². The molecule has 3 rings (SSSR count). The Bertz CT molecular complexity index is 534. The Morgan fingerprint density at radius 3 is 1.61 bits per heavy atom. The molecule has 0 fully saturated rings. The lowest BCUT2D eigenvalue weighted by Crippen LogP contribution is -2.45. The van der Waals surface area contributed by atoms with E-state index >= 15 is 0 Å². The van der Waals surface area contributed by atoms with Crippen LogP contribution < -0.4 is 9.13 Å². The summed E-state index contributed by atoms with van der Waals surface area (Å²) in [4.78, 5) is 0. The van der Waals surface area contributed by atoms with Crippen LogP contribution in [0.1, 0.15) is 24.0 Å². The number of nitrogens with zero attached hydrogens (tertiary/aromatic N) is 2. The first kappa shape index (κ1) is 11.4. The molecule has 2 aromatic rings. The van der Waals surface area contributed by atoms with E-state index in [1.165, 1.54) is 35.4 Å². The van der Waals surface area contributed by atoms with Gasteiger partial charge in [-0.2, -0.15) is 9.13 Å². The highest BCUT2D eigenvalue weighted by atomic mass is 15.0. The molecule has 0 bridgehead atoms. The highest BCUT2D eigenvalue weighted by Crippen LogP contribution is 2.14. The fraction of sp³-hybridized carbons (Fsp3) is 0.375. The molecule has 1 aliphatic heterocycles. The molecular formula is C16H20N2+2. The molecule has 0 aliphatic carbocycles. The number of pyridine rings is 2. The number of aromatic nitrogens is 2. The van der Waals surface area contributed by atoms with Gasteiger partial charge >= 0.3 is 0 Å². The molecule has 0 saturated carbocycles. The van der Waals surface area contributed by atoms with Crippen molar-refractivity contribution in [2.24, 2.45) is 0 Å². The Balaban J connectivity index is 2.22. The molecular weight excluding hydrogens is 220 g/mol. The van der Waals surface area contributed by atoms with E-state index in [0.29, 0.717) is 0 Å². The Labute approximate surface area is 109 Å². The summed E-state index contributed by atoms with van der Waals surface area (Å²) >= 11 is 0. The fourth-order valence-electron chi connectivity index (χ4n) is 2.73. The first-order valence-electron chi connectivity index (χ1n) is 6.74. The van der Waals surface area contributed by atoms with Crippen LogP contribution in [0.4, 0.5) is 0 Å². The van der Waals surface area contributed by atoms with Crippen LogP contribution in [0.5, 0.6) is 0 Å². The third-order valence-corrected chi connectivity index (χ3v) is 3.66. The van der Waals surface area contributed by atoms with Gasteiger partial charge in [0.1, 0.15) is 13.1 Å². The van der Waals surface area contributed by atoms with Gasteiger partial charge in [-0.1, -0.05) is 0 Å². The molecule has 0 aromatic carbocycles. The van der Waals surface area contributed by atoms with Gasteiger partial charge in [-0.3, -0.25) is 0 Å². The van der Waals surface area contributed by atoms with E-state index < -0.39 is 0 Å². The monoisotopic (exact) mass is 240 g/mol. The smallest absolute Gasteiger partial charge is 0.193 e. The van der Waals surface area contributed by atoms with Crippen LogP contribution in [0.15, 0.2) is 36.7 Å². The van der Waals surface area contributed by atoms with Gasteiger partial charge in [0, 0.05) is 36.1 Å². The van der Waals surface area contributed by atoms with Crippen molar-refractivity contribution in [3.63, 3.8) is 0 Å². The number of rotatable bonds is 0. The topological polar surface area (TPSA) is 7.76 Å². The summed E-state index contributed by atoms with van der Waals surface area (Å²) in [7, 11) is 0. The van der Waals surface area contributed by atoms with Gasteiger partial charge < -0.3 is 0 Å². The SMILES string of the molecule is Cc1ccc2[n+](c1)CCCC[n+]1cc(C)ccc1-2. The average molecular weight is 240 g/mol. The van der Waals surface area contributed by atoms with Gasteiger partial charge in [0.25, 0.3) is 11.4 Å². The molecule has 3 heterocycles. The molecule has 0 unspecified atom stereocenters. The summed E-state index contributed by atoms with van der Waals surface area (Å²) in [6.07, 6.45) is 7.04. The van der Waals surface area contributed by atoms with Crippen molar-refractivity contribution in [1.82, 2.24) is 0 Å². The number of aryl methyl sites for hydroxylation is 4. The van der Waals surface area contributed by atoms with Crippen molar-refractivity contribution in [2.45, 2.75) is 39.8 Å². The molecule has 2 aromatic heterocycles. The summed E-state index contributed by atoms with van der Waals surface area (Å²) in [5.74, 6) is 0. The predicted octanol–water partition coefficient (Wildman–Crippen LogP) is 2.34. The number of fused-ring (bicyclic) bond motifs is 3. The van der Waals surface area contributed by atoms with Crippen LogP contribution in [0.3, 0.4) is 0 Å². The second kappa shape index (κ2) is 4.52. The zero-order valence-electron chi connectivity index (χ0n) is 11.2. The Kier molecular flexibility index (Phi) is 2.86. The molecule has 0 saturated heterocycles. The highest BCUT2D eigenvalue weighted by molar-refractivity contribution is 5.47. The van der Waals surface area contributed by atoms with Crippen molar-refractivity contribution in [3.05, 3.63) is 47.8 Å². The summed E-state index contributed by atoms with van der Waals surface area (Å²) < 4.78 is 4.80. The largest absolute Gasteiger partial charge is 0.277 e. The van der Waals surface area contributed by atoms with Crippen LogP contribution in [0.2, 0.25) is 0 Å². The molecule has 0 amide bonds. The van der Waals surface area contributed by atoms with Crippen molar-refractivity contribution < 1.29 is 9.13 Å². The normalized spacial score (nSPS) is 14.3. The lowest BCUT2D eigenvalue weighted by atomic mass is 10.1. The summed E-state index contributed by atoms with van der Waals surface area (Å²) in [5.41, 5.74) is 5.33. The zero-order valence-corrected chi connectivity index (χ0v) is 11.2. The molecule has 0 spiro atoms. The Morgan fingerprint density at radius 1 is 0.722 bits per heavy atom. The molecule has 92 valence electrons. The third-order valence-electron chi connectivity index (χ3n) is 3.66. The molecule has 2 heteroatoms. The maximum atomic E-state index is 2.40. The minimum Gasteiger partial charge on any atom is -0.193 e. The second-order valence-corrected chi connectivity index (χ2v) is 5.28. The van der Waals surface area contributed by atoms with Crippen LogP contribution in [-0.4, -0.2) is 0 Å². The first-order chi connectivity index (χ1) is 8.74. The van der Waals surface area contributed by atoms with Crippen LogP contribution in [0.25, 0.3) is 11.4 Å². The standard InChI is InChI=1S/C16H20N2/c1-13-5-7-15-16-8-6-14(2)12-18(16)10-4-3-9-17(15)11-13/h5-8,11-12H,3-4,9-10H2,1-2H3/q+2. The zero-order chi connectivity index (χ0) is 12.5. The average Bonchev–Trinajstić information content (AvgIpc) is 2.33. The Morgan fingerprint density at radius 2 is 1.17 bits per heavy atom. The van der Waals surface area contributed by atoms with E-state index in [9.17, 15) is 0 Å². The first-order valence-corrected chi connectivity index (χ1v) is 6.74. The van der Waals surface area contributed by atoms with Gasteiger partial charge in [0.15, 0.2) is 12.4 Å². The molecule has 18 heavy (non-hydrogen) atoms. The van der Waals surface area contributed by atoms with Crippen LogP contribution >= 0.6 is 0 Å². The third kappa shape index (κ3) is 2.03. The predicted molar refractivity (Wildman–Crippen MR) is 71.0 cm³/mol. The van der Waals surface area contributed by atoms with Gasteiger partial charge in [0.05, 0.1) is 0 Å². The maximum Gasteiger partial charge on any atom is 0.277 e. The van der Waals surface area contributed by atoms with E-state index in [0.717, 1.165) is 13.1 Å². The van der Waals surface area contributed by atoms with E-state index in [1.807, 2.05) is 0 Å².